The molecule has 0 radical (unpaired) electrons. The Hall–Kier alpha value is -2.75. The van der Waals surface area contributed by atoms with Gasteiger partial charge in [0.15, 0.2) is 0 Å². The number of amides is 2. The first-order chi connectivity index (χ1) is 13.9. The highest BCUT2D eigenvalue weighted by Gasteiger charge is 2.57. The number of carboxylic acids is 1. The number of ether oxygens (including phenoxy) is 1. The van der Waals surface area contributed by atoms with Crippen LogP contribution in [0, 0.1) is 0 Å². The lowest BCUT2D eigenvalue weighted by molar-refractivity contribution is -0.149. The number of hydrogen-bond donors (Lipinski definition) is 2. The number of fused-ring (bicyclic) bond motifs is 1. The number of halogens is 1. The van der Waals surface area contributed by atoms with Crippen molar-refractivity contribution in [1.82, 2.24) is 10.2 Å². The van der Waals surface area contributed by atoms with E-state index in [0.717, 1.165) is 17.7 Å². The second-order valence-corrected chi connectivity index (χ2v) is 8.23. The molecular weight excluding hydrogens is 403 g/mol. The zero-order valence-corrected chi connectivity index (χ0v) is 16.5. The van der Waals surface area contributed by atoms with Crippen molar-refractivity contribution in [2.24, 2.45) is 0 Å². The van der Waals surface area contributed by atoms with Crippen LogP contribution < -0.4 is 10.1 Å². The molecule has 0 spiro atoms. The van der Waals surface area contributed by atoms with E-state index < -0.39 is 52.4 Å². The first-order valence-corrected chi connectivity index (χ1v) is 10.5. The molecule has 10 heteroatoms. The van der Waals surface area contributed by atoms with Crippen LogP contribution in [-0.2, 0) is 20.4 Å². The molecule has 156 valence electrons. The molecule has 1 fully saturated rings. The van der Waals surface area contributed by atoms with Crippen molar-refractivity contribution in [3.8, 4) is 5.75 Å². The molecular formula is C19H21FN2O6S. The summed E-state index contributed by atoms with van der Waals surface area (Å²) in [5.41, 5.74) is -0.425. The summed E-state index contributed by atoms with van der Waals surface area (Å²) in [6, 6.07) is 5.30. The fourth-order valence-corrected chi connectivity index (χ4v) is 4.90. The first kappa shape index (κ1) is 21.0. The van der Waals surface area contributed by atoms with E-state index in [2.05, 4.69) is 5.32 Å². The zero-order chi connectivity index (χ0) is 21.1. The number of aliphatic carboxylic acids is 1. The maximum Gasteiger partial charge on any atom is 0.352 e. The molecule has 29 heavy (non-hydrogen) atoms. The minimum absolute atomic E-state index is 0.192. The number of carbonyl (C=O) groups is 3. The number of unbranched alkanes of at least 4 members (excludes halogenated alkanes) is 1. The van der Waals surface area contributed by atoms with E-state index in [-0.39, 0.29) is 16.9 Å². The van der Waals surface area contributed by atoms with Crippen LogP contribution in [0.25, 0.3) is 0 Å². The summed E-state index contributed by atoms with van der Waals surface area (Å²) in [5.74, 6) is -2.54. The molecule has 2 amide bonds. The van der Waals surface area contributed by atoms with Crippen molar-refractivity contribution in [2.45, 2.75) is 31.2 Å². The molecule has 2 aliphatic rings. The van der Waals surface area contributed by atoms with Crippen LogP contribution in [0.5, 0.6) is 5.75 Å². The van der Waals surface area contributed by atoms with Gasteiger partial charge in [-0.05, 0) is 24.6 Å². The van der Waals surface area contributed by atoms with Crippen molar-refractivity contribution in [1.29, 1.82) is 0 Å². The number of rotatable bonds is 8. The molecule has 3 atom stereocenters. The highest BCUT2D eigenvalue weighted by molar-refractivity contribution is 7.86. The molecule has 2 aliphatic heterocycles. The Balaban J connectivity index is 1.74. The summed E-state index contributed by atoms with van der Waals surface area (Å²) in [6.45, 7) is 1.44. The van der Waals surface area contributed by atoms with Gasteiger partial charge in [0.05, 0.1) is 23.2 Å². The smallest absolute Gasteiger partial charge is 0.352 e. The fourth-order valence-electron chi connectivity index (χ4n) is 3.24. The Morgan fingerprint density at radius 2 is 2.17 bits per heavy atom. The van der Waals surface area contributed by atoms with Gasteiger partial charge in [-0.15, -0.1) is 0 Å². The van der Waals surface area contributed by atoms with Gasteiger partial charge < -0.3 is 15.2 Å². The van der Waals surface area contributed by atoms with E-state index >= 15 is 0 Å². The highest BCUT2D eigenvalue weighted by atomic mass is 32.2. The number of nitrogens with one attached hydrogen (secondary N) is 1. The molecule has 0 saturated carbocycles. The van der Waals surface area contributed by atoms with E-state index in [4.69, 9.17) is 4.74 Å². The third-order valence-electron chi connectivity index (χ3n) is 4.72. The lowest BCUT2D eigenvalue weighted by Crippen LogP contribution is -2.73. The molecule has 1 aromatic rings. The number of hydrogen-bond acceptors (Lipinski definition) is 5. The van der Waals surface area contributed by atoms with Crippen LogP contribution in [0.15, 0.2) is 35.5 Å². The van der Waals surface area contributed by atoms with Crippen molar-refractivity contribution in [3.63, 3.8) is 0 Å². The fraction of sp³-hybridized carbons (Fsp3) is 0.421. The zero-order valence-electron chi connectivity index (χ0n) is 15.7. The average Bonchev–Trinajstić information content (AvgIpc) is 2.71. The number of alkyl halides is 1. The molecule has 0 bridgehead atoms. The van der Waals surface area contributed by atoms with E-state index in [0.29, 0.717) is 12.4 Å². The summed E-state index contributed by atoms with van der Waals surface area (Å²) in [4.78, 5) is 37.3. The Morgan fingerprint density at radius 3 is 2.83 bits per heavy atom. The number of nitrogens with zero attached hydrogens (tertiary/aromatic N) is 1. The number of benzene rings is 1. The van der Waals surface area contributed by atoms with Gasteiger partial charge in [0, 0.05) is 11.1 Å². The largest absolute Gasteiger partial charge is 0.494 e. The van der Waals surface area contributed by atoms with E-state index in [9.17, 15) is 28.1 Å². The van der Waals surface area contributed by atoms with Crippen molar-refractivity contribution >= 4 is 28.6 Å². The van der Waals surface area contributed by atoms with Gasteiger partial charge in [0.2, 0.25) is 0 Å². The Kier molecular flexibility index (Phi) is 6.31. The average molecular weight is 424 g/mol. The third-order valence-corrected chi connectivity index (χ3v) is 6.37. The second kappa shape index (κ2) is 8.73. The minimum atomic E-state index is -1.72. The van der Waals surface area contributed by atoms with Gasteiger partial charge in [0.25, 0.3) is 11.8 Å². The Morgan fingerprint density at radius 1 is 1.41 bits per heavy atom. The maximum atomic E-state index is 13.1. The second-order valence-electron chi connectivity index (χ2n) is 6.70. The Labute approximate surface area is 169 Å². The normalized spacial score (nSPS) is 23.3. The monoisotopic (exact) mass is 424 g/mol. The number of carbonyl (C=O) groups excluding carboxylic acids is 2. The summed E-state index contributed by atoms with van der Waals surface area (Å²) in [7, 11) is -1.72. The minimum Gasteiger partial charge on any atom is -0.494 e. The molecule has 0 aromatic heterocycles. The molecule has 8 nitrogen and oxygen atoms in total. The molecule has 2 heterocycles. The predicted molar refractivity (Wildman–Crippen MR) is 102 cm³/mol. The van der Waals surface area contributed by atoms with Crippen LogP contribution in [0.1, 0.15) is 30.1 Å². The molecule has 2 unspecified atom stereocenters. The van der Waals surface area contributed by atoms with Crippen molar-refractivity contribution in [2.75, 3.05) is 19.0 Å². The van der Waals surface area contributed by atoms with E-state index in [1.165, 1.54) is 6.07 Å². The van der Waals surface area contributed by atoms with Gasteiger partial charge in [-0.3, -0.25) is 18.7 Å². The van der Waals surface area contributed by atoms with Crippen molar-refractivity contribution < 1.29 is 32.8 Å². The van der Waals surface area contributed by atoms with Gasteiger partial charge in [-0.25, -0.2) is 9.18 Å². The predicted octanol–water partition coefficient (Wildman–Crippen LogP) is 1.20. The Bertz CT molecular complexity index is 902. The molecule has 0 aliphatic carbocycles. The quantitative estimate of drug-likeness (QED) is 0.479. The first-order valence-electron chi connectivity index (χ1n) is 9.14. The summed E-state index contributed by atoms with van der Waals surface area (Å²) >= 11 is 0. The lowest BCUT2D eigenvalue weighted by atomic mass is 10.0. The molecule has 1 saturated heterocycles. The lowest BCUT2D eigenvalue weighted by Gasteiger charge is -2.48. The van der Waals surface area contributed by atoms with Crippen molar-refractivity contribution in [3.05, 3.63) is 41.1 Å². The van der Waals surface area contributed by atoms with Gasteiger partial charge in [0.1, 0.15) is 29.5 Å². The van der Waals surface area contributed by atoms with Gasteiger partial charge in [-0.2, -0.15) is 0 Å². The van der Waals surface area contributed by atoms with E-state index in [1.54, 1.807) is 18.2 Å². The van der Waals surface area contributed by atoms with Crippen LogP contribution in [0.3, 0.4) is 0 Å². The summed E-state index contributed by atoms with van der Waals surface area (Å²) in [6.07, 6.45) is 1.84. The summed E-state index contributed by atoms with van der Waals surface area (Å²) < 4.78 is 31.1. The molecule has 1 aromatic carbocycles. The van der Waals surface area contributed by atoms with Crippen LogP contribution >= 0.6 is 0 Å². The maximum absolute atomic E-state index is 13.1. The summed E-state index contributed by atoms with van der Waals surface area (Å²) in [5, 5.41) is 10.8. The standard InChI is InChI=1S/C19H21FN2O6S/c1-2-3-7-28-13-6-4-5-11(8-13)16(23)21-14-17(24)22-15(19(25)26)12(9-20)10-29(27)18(14)22/h4-6,8,14,18H,2-3,7,9-10H2,1H3,(H,21,23)(H,25,26)/t14?,18-,29?/m0/s1. The molecule has 3 rings (SSSR count). The molecule has 2 N–H and O–H groups in total. The van der Waals surface area contributed by atoms with Crippen LogP contribution in [0.2, 0.25) is 0 Å². The third kappa shape index (κ3) is 4.02. The van der Waals surface area contributed by atoms with Gasteiger partial charge >= 0.3 is 5.97 Å². The van der Waals surface area contributed by atoms with E-state index in [1.807, 2.05) is 6.92 Å². The topological polar surface area (TPSA) is 113 Å². The number of β-lactam (4-membered cyclic amide) rings is 1. The van der Waals surface area contributed by atoms with Crippen LogP contribution in [-0.4, -0.2) is 62.4 Å². The number of carboxylic acid groups (broad SMARTS) is 1. The SMILES string of the molecule is CCCCOc1cccc(C(=O)NC2C(=O)N3C(C(=O)O)=C(CF)CS(=O)[C@@H]23)c1. The highest BCUT2D eigenvalue weighted by Crippen LogP contribution is 2.35. The van der Waals surface area contributed by atoms with Gasteiger partial charge in [-0.1, -0.05) is 19.4 Å². The van der Waals surface area contributed by atoms with Crippen LogP contribution in [0.4, 0.5) is 4.39 Å².